The van der Waals surface area contributed by atoms with Gasteiger partial charge in [-0.1, -0.05) is 0 Å². The fraction of sp³-hybridized carbons (Fsp3) is 0.526. The minimum absolute atomic E-state index is 0.00414. The highest BCUT2D eigenvalue weighted by molar-refractivity contribution is 7.88. The Labute approximate surface area is 174 Å². The molecule has 0 aromatic carbocycles. The molecule has 0 saturated heterocycles. The number of nitrogens with zero attached hydrogens (tertiary/aromatic N) is 3. The van der Waals surface area contributed by atoms with E-state index in [1.807, 2.05) is 0 Å². The van der Waals surface area contributed by atoms with Crippen molar-refractivity contribution in [3.05, 3.63) is 36.3 Å². The van der Waals surface area contributed by atoms with E-state index in [9.17, 15) is 17.2 Å². The number of halogens is 2. The van der Waals surface area contributed by atoms with Gasteiger partial charge in [0.2, 0.25) is 10.0 Å². The van der Waals surface area contributed by atoms with Crippen molar-refractivity contribution in [2.24, 2.45) is 0 Å². The van der Waals surface area contributed by atoms with E-state index in [2.05, 4.69) is 19.7 Å². The van der Waals surface area contributed by atoms with E-state index in [4.69, 9.17) is 9.47 Å². The van der Waals surface area contributed by atoms with E-state index >= 15 is 0 Å². The number of aromatic nitrogens is 3. The summed E-state index contributed by atoms with van der Waals surface area (Å²) in [6.45, 7) is 2.03. The van der Waals surface area contributed by atoms with E-state index < -0.39 is 21.7 Å². The largest absolute Gasteiger partial charge is 0.472 e. The monoisotopic (exact) mass is 442 g/mol. The van der Waals surface area contributed by atoms with Crippen molar-refractivity contribution in [3.63, 3.8) is 0 Å². The van der Waals surface area contributed by atoms with Crippen molar-refractivity contribution in [2.75, 3.05) is 12.9 Å². The Kier molecular flexibility index (Phi) is 7.27. The molecular formula is C19H24F2N4O4S. The lowest BCUT2D eigenvalue weighted by Gasteiger charge is -2.29. The fourth-order valence-electron chi connectivity index (χ4n) is 3.25. The van der Waals surface area contributed by atoms with Gasteiger partial charge in [0.25, 0.3) is 5.88 Å². The molecule has 3 rings (SSSR count). The molecule has 1 fully saturated rings. The predicted octanol–water partition coefficient (Wildman–Crippen LogP) is 2.46. The topological polar surface area (TPSA) is 103 Å². The molecule has 0 spiro atoms. The van der Waals surface area contributed by atoms with Gasteiger partial charge in [0.1, 0.15) is 6.10 Å². The summed E-state index contributed by atoms with van der Waals surface area (Å²) in [4.78, 5) is 11.6. The van der Waals surface area contributed by atoms with Gasteiger partial charge < -0.3 is 9.47 Å². The highest BCUT2D eigenvalue weighted by Crippen LogP contribution is 2.27. The lowest BCUT2D eigenvalue weighted by atomic mass is 9.95. The van der Waals surface area contributed by atoms with E-state index in [-0.39, 0.29) is 36.6 Å². The highest BCUT2D eigenvalue weighted by atomic mass is 32.2. The molecule has 1 aliphatic carbocycles. The maximum absolute atomic E-state index is 14.4. The first-order chi connectivity index (χ1) is 14.2. The van der Waals surface area contributed by atoms with Crippen molar-refractivity contribution in [1.82, 2.24) is 19.7 Å². The lowest BCUT2D eigenvalue weighted by Crippen LogP contribution is -2.37. The Morgan fingerprint density at radius 3 is 2.33 bits per heavy atom. The van der Waals surface area contributed by atoms with Gasteiger partial charge in [-0.15, -0.1) is 0 Å². The summed E-state index contributed by atoms with van der Waals surface area (Å²) in [6, 6.07) is 0.899. The van der Waals surface area contributed by atoms with Crippen LogP contribution in [0.2, 0.25) is 0 Å². The minimum Gasteiger partial charge on any atom is -0.472 e. The molecule has 1 N–H and O–H groups in total. The van der Waals surface area contributed by atoms with E-state index in [1.54, 1.807) is 6.92 Å². The molecular weight excluding hydrogens is 418 g/mol. The molecule has 1 atom stereocenters. The van der Waals surface area contributed by atoms with Crippen LogP contribution in [0.25, 0.3) is 11.4 Å². The van der Waals surface area contributed by atoms with Crippen LogP contribution in [0.15, 0.2) is 24.7 Å². The highest BCUT2D eigenvalue weighted by Gasteiger charge is 2.25. The number of hydrogen-bond acceptors (Lipinski definition) is 7. The Hall–Kier alpha value is -2.24. The standard InChI is InChI=1S/C19H24F2N4O4S/c1-12(25-30(2,26)27)11-28-15-3-5-16(6-4-15)29-19-17(21)7-13(8-24-19)18-22-9-14(20)10-23-18/h7-10,12,15-16,25H,3-6,11H2,1-2H3/t12-,15-,16-/m0/s1. The van der Waals surface area contributed by atoms with Crippen LogP contribution in [0.3, 0.4) is 0 Å². The van der Waals surface area contributed by atoms with Crippen molar-refractivity contribution in [1.29, 1.82) is 0 Å². The molecule has 2 heterocycles. The molecule has 164 valence electrons. The number of pyridine rings is 1. The van der Waals surface area contributed by atoms with Crippen LogP contribution >= 0.6 is 0 Å². The van der Waals surface area contributed by atoms with E-state index in [1.165, 1.54) is 12.3 Å². The second kappa shape index (κ2) is 9.71. The number of nitrogens with one attached hydrogen (secondary N) is 1. The second-order valence-electron chi connectivity index (χ2n) is 7.38. The number of hydrogen-bond donors (Lipinski definition) is 1. The fourth-order valence-corrected chi connectivity index (χ4v) is 4.05. The van der Waals surface area contributed by atoms with Crippen molar-refractivity contribution in [2.45, 2.75) is 50.9 Å². The first-order valence-corrected chi connectivity index (χ1v) is 11.5. The summed E-state index contributed by atoms with van der Waals surface area (Å²) in [5.41, 5.74) is 0.328. The summed E-state index contributed by atoms with van der Waals surface area (Å²) < 4.78 is 63.7. The lowest BCUT2D eigenvalue weighted by molar-refractivity contribution is -0.00410. The molecule has 2 aromatic rings. The van der Waals surface area contributed by atoms with Crippen LogP contribution in [0.1, 0.15) is 32.6 Å². The summed E-state index contributed by atoms with van der Waals surface area (Å²) >= 11 is 0. The maximum atomic E-state index is 14.4. The number of sulfonamides is 1. The van der Waals surface area contributed by atoms with E-state index in [0.29, 0.717) is 18.4 Å². The molecule has 2 aromatic heterocycles. The summed E-state index contributed by atoms with van der Waals surface area (Å²) in [5, 5.41) is 0. The third-order valence-electron chi connectivity index (χ3n) is 4.58. The molecule has 0 aliphatic heterocycles. The first-order valence-electron chi connectivity index (χ1n) is 9.58. The third-order valence-corrected chi connectivity index (χ3v) is 5.41. The Morgan fingerprint density at radius 1 is 1.10 bits per heavy atom. The van der Waals surface area contributed by atoms with Crippen molar-refractivity contribution in [3.8, 4) is 17.3 Å². The van der Waals surface area contributed by atoms with Crippen molar-refractivity contribution >= 4 is 10.0 Å². The normalized spacial score (nSPS) is 20.7. The van der Waals surface area contributed by atoms with Crippen LogP contribution < -0.4 is 9.46 Å². The Balaban J connectivity index is 1.48. The van der Waals surface area contributed by atoms with Gasteiger partial charge in [0, 0.05) is 17.8 Å². The number of ether oxygens (including phenoxy) is 2. The smallest absolute Gasteiger partial charge is 0.250 e. The number of rotatable bonds is 8. The van der Waals surface area contributed by atoms with Gasteiger partial charge in [-0.25, -0.2) is 36.9 Å². The minimum atomic E-state index is -3.26. The summed E-state index contributed by atoms with van der Waals surface area (Å²) in [6.07, 6.45) is 7.10. The molecule has 0 radical (unpaired) electrons. The van der Waals surface area contributed by atoms with Crippen molar-refractivity contribution < 1.29 is 26.7 Å². The summed E-state index contributed by atoms with van der Waals surface area (Å²) in [5.74, 6) is -1.14. The van der Waals surface area contributed by atoms with Gasteiger partial charge in [0.05, 0.1) is 31.4 Å². The van der Waals surface area contributed by atoms with Crippen LogP contribution in [0.5, 0.6) is 5.88 Å². The van der Waals surface area contributed by atoms with Crippen LogP contribution in [0.4, 0.5) is 8.78 Å². The van der Waals surface area contributed by atoms with Gasteiger partial charge in [0.15, 0.2) is 17.5 Å². The molecule has 0 bridgehead atoms. The third kappa shape index (κ3) is 6.64. The molecule has 1 aliphatic rings. The molecule has 0 unspecified atom stereocenters. The molecule has 8 nitrogen and oxygen atoms in total. The molecule has 1 saturated carbocycles. The average Bonchev–Trinajstić information content (AvgIpc) is 2.68. The Bertz CT molecular complexity index is 952. The zero-order valence-corrected chi connectivity index (χ0v) is 17.5. The van der Waals surface area contributed by atoms with Crippen LogP contribution in [0, 0.1) is 11.6 Å². The second-order valence-corrected chi connectivity index (χ2v) is 9.16. The predicted molar refractivity (Wildman–Crippen MR) is 105 cm³/mol. The molecule has 11 heteroatoms. The van der Waals surface area contributed by atoms with Crippen LogP contribution in [-0.4, -0.2) is 54.5 Å². The SMILES string of the molecule is C[C@@H](CO[C@H]1CC[C@H](Oc2ncc(-c3ncc(F)cn3)cc2F)CC1)NS(C)(=O)=O. The molecule has 30 heavy (non-hydrogen) atoms. The first kappa shape index (κ1) is 22.4. The molecule has 0 amide bonds. The summed E-state index contributed by atoms with van der Waals surface area (Å²) in [7, 11) is -3.26. The maximum Gasteiger partial charge on any atom is 0.250 e. The van der Waals surface area contributed by atoms with Gasteiger partial charge in [-0.2, -0.15) is 0 Å². The van der Waals surface area contributed by atoms with Gasteiger partial charge in [-0.3, -0.25) is 0 Å². The quantitative estimate of drug-likeness (QED) is 0.670. The van der Waals surface area contributed by atoms with E-state index in [0.717, 1.165) is 31.5 Å². The zero-order valence-electron chi connectivity index (χ0n) is 16.7. The zero-order chi connectivity index (χ0) is 21.7. The van der Waals surface area contributed by atoms with Crippen LogP contribution in [-0.2, 0) is 14.8 Å². The Morgan fingerprint density at radius 2 is 1.73 bits per heavy atom. The van der Waals surface area contributed by atoms with Gasteiger partial charge in [-0.05, 0) is 38.7 Å². The van der Waals surface area contributed by atoms with Gasteiger partial charge >= 0.3 is 0 Å². The average molecular weight is 442 g/mol.